The van der Waals surface area contributed by atoms with E-state index in [1.54, 1.807) is 5.38 Å². The topological polar surface area (TPSA) is 42.0 Å². The molecule has 0 aliphatic carbocycles. The highest BCUT2D eigenvalue weighted by molar-refractivity contribution is 7.09. The number of nitrogens with zero attached hydrogens (tertiary/aromatic N) is 1. The van der Waals surface area contributed by atoms with Crippen LogP contribution in [0.4, 0.5) is 0 Å². The average Bonchev–Trinajstić information content (AvgIpc) is 2.59. The largest absolute Gasteiger partial charge is 0.351 e. The first-order chi connectivity index (χ1) is 7.09. The highest BCUT2D eigenvalue weighted by Crippen LogP contribution is 2.07. The van der Waals surface area contributed by atoms with E-state index in [4.69, 9.17) is 0 Å². The number of carbonyl (C=O) groups excluding carboxylic acids is 1. The van der Waals surface area contributed by atoms with Crippen LogP contribution in [0.25, 0.3) is 0 Å². The van der Waals surface area contributed by atoms with Gasteiger partial charge in [-0.15, -0.1) is 11.3 Å². The minimum atomic E-state index is -0.0527. The molecule has 84 valence electrons. The normalized spacial score (nSPS) is 10.7. The van der Waals surface area contributed by atoms with Gasteiger partial charge in [0.25, 0.3) is 5.91 Å². The number of amides is 1. The first kappa shape index (κ1) is 12.2. The second kappa shape index (κ2) is 5.85. The molecule has 1 aromatic heterocycles. The van der Waals surface area contributed by atoms with Gasteiger partial charge in [0, 0.05) is 11.9 Å². The summed E-state index contributed by atoms with van der Waals surface area (Å²) in [4.78, 5) is 15.7. The fourth-order valence-electron chi connectivity index (χ4n) is 1.27. The number of nitrogens with one attached hydrogen (secondary N) is 1. The summed E-state index contributed by atoms with van der Waals surface area (Å²) in [6.07, 6.45) is 2.18. The molecule has 3 nitrogen and oxygen atoms in total. The Labute approximate surface area is 94.9 Å². The lowest BCUT2D eigenvalue weighted by atomic mass is 10.1. The molecule has 0 fully saturated rings. The molecule has 0 unspecified atom stereocenters. The maximum absolute atomic E-state index is 11.5. The zero-order chi connectivity index (χ0) is 11.3. The zero-order valence-electron chi connectivity index (χ0n) is 9.54. The van der Waals surface area contributed by atoms with E-state index in [1.165, 1.54) is 11.3 Å². The molecular weight excluding hydrogens is 208 g/mol. The van der Waals surface area contributed by atoms with Crippen LogP contribution in [0, 0.1) is 12.8 Å². The van der Waals surface area contributed by atoms with Gasteiger partial charge in [0.2, 0.25) is 0 Å². The van der Waals surface area contributed by atoms with Crippen molar-refractivity contribution < 1.29 is 4.79 Å². The van der Waals surface area contributed by atoms with E-state index in [9.17, 15) is 4.79 Å². The molecule has 15 heavy (non-hydrogen) atoms. The van der Waals surface area contributed by atoms with E-state index < -0.39 is 0 Å². The summed E-state index contributed by atoms with van der Waals surface area (Å²) < 4.78 is 0. The van der Waals surface area contributed by atoms with Crippen molar-refractivity contribution in [1.82, 2.24) is 10.3 Å². The number of rotatable bonds is 5. The van der Waals surface area contributed by atoms with Crippen molar-refractivity contribution >= 4 is 17.2 Å². The third-order valence-electron chi connectivity index (χ3n) is 2.10. The summed E-state index contributed by atoms with van der Waals surface area (Å²) in [5, 5.41) is 5.60. The molecule has 0 bridgehead atoms. The van der Waals surface area contributed by atoms with Gasteiger partial charge in [-0.3, -0.25) is 4.79 Å². The van der Waals surface area contributed by atoms with Gasteiger partial charge in [0.05, 0.1) is 5.01 Å². The van der Waals surface area contributed by atoms with E-state index in [0.29, 0.717) is 11.6 Å². The van der Waals surface area contributed by atoms with Crippen LogP contribution in [-0.2, 0) is 0 Å². The van der Waals surface area contributed by atoms with Gasteiger partial charge in [-0.25, -0.2) is 4.98 Å². The Morgan fingerprint density at radius 2 is 2.33 bits per heavy atom. The molecule has 1 N–H and O–H groups in total. The average molecular weight is 226 g/mol. The van der Waals surface area contributed by atoms with Crippen molar-refractivity contribution in [1.29, 1.82) is 0 Å². The maximum atomic E-state index is 11.5. The summed E-state index contributed by atoms with van der Waals surface area (Å²) in [6, 6.07) is 0. The first-order valence-electron chi connectivity index (χ1n) is 5.30. The second-order valence-electron chi connectivity index (χ2n) is 4.04. The van der Waals surface area contributed by atoms with Crippen molar-refractivity contribution in [3.05, 3.63) is 16.1 Å². The highest BCUT2D eigenvalue weighted by atomic mass is 32.1. The highest BCUT2D eigenvalue weighted by Gasteiger charge is 2.07. The Hall–Kier alpha value is -0.900. The molecule has 0 aliphatic heterocycles. The van der Waals surface area contributed by atoms with E-state index in [-0.39, 0.29) is 5.91 Å². The van der Waals surface area contributed by atoms with Crippen LogP contribution in [0.2, 0.25) is 0 Å². The van der Waals surface area contributed by atoms with Crippen LogP contribution < -0.4 is 5.32 Å². The van der Waals surface area contributed by atoms with Crippen molar-refractivity contribution in [3.8, 4) is 0 Å². The van der Waals surface area contributed by atoms with Crippen LogP contribution in [0.1, 0.15) is 42.2 Å². The SMILES string of the molecule is Cc1nc(C(=O)NCCCC(C)C)cs1. The Balaban J connectivity index is 2.25. The summed E-state index contributed by atoms with van der Waals surface area (Å²) in [5.74, 6) is 0.645. The number of aromatic nitrogens is 1. The van der Waals surface area contributed by atoms with Gasteiger partial charge >= 0.3 is 0 Å². The molecule has 0 atom stereocenters. The predicted molar refractivity (Wildman–Crippen MR) is 63.3 cm³/mol. The van der Waals surface area contributed by atoms with E-state index >= 15 is 0 Å². The Kier molecular flexibility index (Phi) is 4.75. The van der Waals surface area contributed by atoms with Crippen molar-refractivity contribution in [3.63, 3.8) is 0 Å². The van der Waals surface area contributed by atoms with Gasteiger partial charge in [-0.05, 0) is 25.7 Å². The van der Waals surface area contributed by atoms with E-state index in [0.717, 1.165) is 24.4 Å². The molecule has 1 amide bonds. The number of thiazole rings is 1. The number of aryl methyl sites for hydroxylation is 1. The quantitative estimate of drug-likeness (QED) is 0.784. The van der Waals surface area contributed by atoms with Gasteiger partial charge < -0.3 is 5.32 Å². The number of carbonyl (C=O) groups is 1. The van der Waals surface area contributed by atoms with E-state index in [2.05, 4.69) is 24.1 Å². The molecule has 0 radical (unpaired) electrons. The third kappa shape index (κ3) is 4.42. The molecule has 0 saturated heterocycles. The van der Waals surface area contributed by atoms with Crippen LogP contribution in [-0.4, -0.2) is 17.4 Å². The van der Waals surface area contributed by atoms with Crippen molar-refractivity contribution in [2.75, 3.05) is 6.54 Å². The third-order valence-corrected chi connectivity index (χ3v) is 2.87. The molecule has 1 aromatic rings. The Bertz CT molecular complexity index is 320. The maximum Gasteiger partial charge on any atom is 0.270 e. The first-order valence-corrected chi connectivity index (χ1v) is 6.18. The molecule has 0 saturated carbocycles. The zero-order valence-corrected chi connectivity index (χ0v) is 10.4. The van der Waals surface area contributed by atoms with Crippen LogP contribution >= 0.6 is 11.3 Å². The van der Waals surface area contributed by atoms with Gasteiger partial charge in [0.1, 0.15) is 5.69 Å². The standard InChI is InChI=1S/C11H18N2OS/c1-8(2)5-4-6-12-11(14)10-7-15-9(3)13-10/h7-8H,4-6H2,1-3H3,(H,12,14). The van der Waals surface area contributed by atoms with Crippen LogP contribution in [0.5, 0.6) is 0 Å². The molecule has 0 aromatic carbocycles. The summed E-state index contributed by atoms with van der Waals surface area (Å²) >= 11 is 1.50. The summed E-state index contributed by atoms with van der Waals surface area (Å²) in [6.45, 7) is 7.02. The summed E-state index contributed by atoms with van der Waals surface area (Å²) in [5.41, 5.74) is 0.544. The molecule has 1 heterocycles. The molecule has 1 rings (SSSR count). The Morgan fingerprint density at radius 3 is 2.87 bits per heavy atom. The Morgan fingerprint density at radius 1 is 1.60 bits per heavy atom. The molecule has 0 aliphatic rings. The molecular formula is C11H18N2OS. The smallest absolute Gasteiger partial charge is 0.270 e. The molecule has 0 spiro atoms. The lowest BCUT2D eigenvalue weighted by Crippen LogP contribution is -2.24. The lowest BCUT2D eigenvalue weighted by Gasteiger charge is -2.05. The number of hydrogen-bond acceptors (Lipinski definition) is 3. The minimum Gasteiger partial charge on any atom is -0.351 e. The van der Waals surface area contributed by atoms with Gasteiger partial charge in [0.15, 0.2) is 0 Å². The molecule has 4 heteroatoms. The van der Waals surface area contributed by atoms with Crippen molar-refractivity contribution in [2.24, 2.45) is 5.92 Å². The summed E-state index contributed by atoms with van der Waals surface area (Å²) in [7, 11) is 0. The minimum absolute atomic E-state index is 0.0527. The second-order valence-corrected chi connectivity index (χ2v) is 5.11. The predicted octanol–water partition coefficient (Wildman–Crippen LogP) is 2.62. The monoisotopic (exact) mass is 226 g/mol. The van der Waals surface area contributed by atoms with Crippen molar-refractivity contribution in [2.45, 2.75) is 33.6 Å². The van der Waals surface area contributed by atoms with E-state index in [1.807, 2.05) is 6.92 Å². The van der Waals surface area contributed by atoms with Crippen LogP contribution in [0.15, 0.2) is 5.38 Å². The van der Waals surface area contributed by atoms with Gasteiger partial charge in [-0.2, -0.15) is 0 Å². The fraction of sp³-hybridized carbons (Fsp3) is 0.636. The lowest BCUT2D eigenvalue weighted by molar-refractivity contribution is 0.0948. The van der Waals surface area contributed by atoms with Crippen LogP contribution in [0.3, 0.4) is 0 Å². The number of hydrogen-bond donors (Lipinski definition) is 1. The van der Waals surface area contributed by atoms with Gasteiger partial charge in [-0.1, -0.05) is 13.8 Å². The fourth-order valence-corrected chi connectivity index (χ4v) is 1.86.